The van der Waals surface area contributed by atoms with Crippen LogP contribution < -0.4 is 5.32 Å². The Morgan fingerprint density at radius 3 is 2.94 bits per heavy atom. The van der Waals surface area contributed by atoms with Crippen LogP contribution >= 0.6 is 11.6 Å². The van der Waals surface area contributed by atoms with Crippen molar-refractivity contribution in [2.45, 2.75) is 32.2 Å². The highest BCUT2D eigenvalue weighted by atomic mass is 35.5. The Kier molecular flexibility index (Phi) is 5.51. The molecule has 1 rings (SSSR count). The third-order valence-electron chi connectivity index (χ3n) is 2.43. The first-order chi connectivity index (χ1) is 8.15. The minimum Gasteiger partial charge on any atom is -0.340 e. The number of hydrogen-bond acceptors (Lipinski definition) is 2. The van der Waals surface area contributed by atoms with Crippen LogP contribution in [-0.2, 0) is 11.2 Å². The van der Waals surface area contributed by atoms with E-state index in [1.54, 1.807) is 6.07 Å². The molecule has 0 aromatic heterocycles. The third kappa shape index (κ3) is 4.88. The predicted octanol–water partition coefficient (Wildman–Crippen LogP) is 2.69. The van der Waals surface area contributed by atoms with Gasteiger partial charge in [-0.25, -0.2) is 0 Å². The normalized spacial score (nSPS) is 11.6. The van der Waals surface area contributed by atoms with E-state index in [0.29, 0.717) is 24.3 Å². The standard InChI is InChI=1S/C13H15ClN2O/c1-2-12(9-15)16-13(17)7-6-10-4-3-5-11(14)8-10/h3-5,8,12H,2,6-7H2,1H3,(H,16,17)/t12-/m1/s1. The molecule has 1 N–H and O–H groups in total. The van der Waals surface area contributed by atoms with Crippen LogP contribution in [-0.4, -0.2) is 11.9 Å². The summed E-state index contributed by atoms with van der Waals surface area (Å²) in [5.41, 5.74) is 1.03. The predicted molar refractivity (Wildman–Crippen MR) is 67.6 cm³/mol. The van der Waals surface area contributed by atoms with Crippen molar-refractivity contribution in [2.24, 2.45) is 0 Å². The van der Waals surface area contributed by atoms with Crippen LogP contribution in [0.25, 0.3) is 0 Å². The first kappa shape index (κ1) is 13.5. The molecular weight excluding hydrogens is 236 g/mol. The SMILES string of the molecule is CC[C@H](C#N)NC(=O)CCc1cccc(Cl)c1. The van der Waals surface area contributed by atoms with E-state index in [0.717, 1.165) is 5.56 Å². The molecule has 0 unspecified atom stereocenters. The van der Waals surface area contributed by atoms with Crippen LogP contribution in [0, 0.1) is 11.3 Å². The summed E-state index contributed by atoms with van der Waals surface area (Å²) in [5.74, 6) is -0.0987. The number of halogens is 1. The lowest BCUT2D eigenvalue weighted by atomic mass is 10.1. The first-order valence-corrected chi connectivity index (χ1v) is 5.97. The Hall–Kier alpha value is -1.53. The van der Waals surface area contributed by atoms with E-state index in [2.05, 4.69) is 5.32 Å². The Bertz CT molecular complexity index is 426. The molecule has 0 aliphatic carbocycles. The van der Waals surface area contributed by atoms with Crippen molar-refractivity contribution in [3.05, 3.63) is 34.9 Å². The van der Waals surface area contributed by atoms with Gasteiger partial charge in [0.15, 0.2) is 0 Å². The zero-order chi connectivity index (χ0) is 12.7. The highest BCUT2D eigenvalue weighted by Gasteiger charge is 2.08. The van der Waals surface area contributed by atoms with E-state index < -0.39 is 0 Å². The second-order valence-electron chi connectivity index (χ2n) is 3.79. The highest BCUT2D eigenvalue weighted by Crippen LogP contribution is 2.12. The van der Waals surface area contributed by atoms with Gasteiger partial charge in [-0.05, 0) is 30.5 Å². The van der Waals surface area contributed by atoms with Crippen molar-refractivity contribution in [2.75, 3.05) is 0 Å². The fourth-order valence-electron chi connectivity index (χ4n) is 1.44. The van der Waals surface area contributed by atoms with Crippen LogP contribution in [0.2, 0.25) is 5.02 Å². The second kappa shape index (κ2) is 6.93. The lowest BCUT2D eigenvalue weighted by Crippen LogP contribution is -2.33. The fraction of sp³-hybridized carbons (Fsp3) is 0.385. The third-order valence-corrected chi connectivity index (χ3v) is 2.66. The van der Waals surface area contributed by atoms with Crippen LogP contribution in [0.5, 0.6) is 0 Å². The number of carbonyl (C=O) groups excluding carboxylic acids is 1. The van der Waals surface area contributed by atoms with Crippen LogP contribution in [0.4, 0.5) is 0 Å². The lowest BCUT2D eigenvalue weighted by Gasteiger charge is -2.08. The molecule has 1 aromatic carbocycles. The van der Waals surface area contributed by atoms with E-state index in [4.69, 9.17) is 16.9 Å². The summed E-state index contributed by atoms with van der Waals surface area (Å²) >= 11 is 5.85. The largest absolute Gasteiger partial charge is 0.340 e. The van der Waals surface area contributed by atoms with Gasteiger partial charge in [0.25, 0.3) is 0 Å². The zero-order valence-electron chi connectivity index (χ0n) is 9.74. The van der Waals surface area contributed by atoms with Gasteiger partial charge in [0, 0.05) is 11.4 Å². The molecule has 0 bridgehead atoms. The smallest absolute Gasteiger partial charge is 0.221 e. The fourth-order valence-corrected chi connectivity index (χ4v) is 1.66. The summed E-state index contributed by atoms with van der Waals surface area (Å²) in [6.45, 7) is 1.87. The first-order valence-electron chi connectivity index (χ1n) is 5.59. The zero-order valence-corrected chi connectivity index (χ0v) is 10.5. The maximum atomic E-state index is 11.5. The van der Waals surface area contributed by atoms with E-state index in [1.807, 2.05) is 31.2 Å². The van der Waals surface area contributed by atoms with Crippen LogP contribution in [0.15, 0.2) is 24.3 Å². The number of nitrogens with zero attached hydrogens (tertiary/aromatic N) is 1. The van der Waals surface area contributed by atoms with Gasteiger partial charge in [-0.3, -0.25) is 4.79 Å². The average Bonchev–Trinajstić information content (AvgIpc) is 2.33. The molecule has 90 valence electrons. The van der Waals surface area contributed by atoms with Crippen molar-refractivity contribution in [1.82, 2.24) is 5.32 Å². The summed E-state index contributed by atoms with van der Waals surface area (Å²) < 4.78 is 0. The maximum absolute atomic E-state index is 11.5. The van der Waals surface area contributed by atoms with Crippen LogP contribution in [0.1, 0.15) is 25.3 Å². The summed E-state index contributed by atoms with van der Waals surface area (Å²) in [6, 6.07) is 9.09. The van der Waals surface area contributed by atoms with Gasteiger partial charge in [0.1, 0.15) is 6.04 Å². The molecule has 0 radical (unpaired) electrons. The molecule has 0 saturated heterocycles. The van der Waals surface area contributed by atoms with Gasteiger partial charge in [-0.1, -0.05) is 30.7 Å². The van der Waals surface area contributed by atoms with Crippen molar-refractivity contribution in [3.63, 3.8) is 0 Å². The Morgan fingerprint density at radius 1 is 1.59 bits per heavy atom. The van der Waals surface area contributed by atoms with Crippen molar-refractivity contribution < 1.29 is 4.79 Å². The Morgan fingerprint density at radius 2 is 2.35 bits per heavy atom. The van der Waals surface area contributed by atoms with Crippen molar-refractivity contribution in [3.8, 4) is 6.07 Å². The van der Waals surface area contributed by atoms with E-state index in [1.165, 1.54) is 0 Å². The quantitative estimate of drug-likeness (QED) is 0.874. The topological polar surface area (TPSA) is 52.9 Å². The highest BCUT2D eigenvalue weighted by molar-refractivity contribution is 6.30. The molecule has 1 aromatic rings. The average molecular weight is 251 g/mol. The molecular formula is C13H15ClN2O. The van der Waals surface area contributed by atoms with Crippen molar-refractivity contribution in [1.29, 1.82) is 5.26 Å². The van der Waals surface area contributed by atoms with Gasteiger partial charge < -0.3 is 5.32 Å². The summed E-state index contributed by atoms with van der Waals surface area (Å²) in [6.07, 6.45) is 1.63. The molecule has 0 heterocycles. The Balaban J connectivity index is 2.41. The van der Waals surface area contributed by atoms with E-state index in [9.17, 15) is 4.79 Å². The lowest BCUT2D eigenvalue weighted by molar-refractivity contribution is -0.121. The van der Waals surface area contributed by atoms with Gasteiger partial charge in [0.2, 0.25) is 5.91 Å². The summed E-state index contributed by atoms with van der Waals surface area (Å²) in [4.78, 5) is 11.5. The molecule has 3 nitrogen and oxygen atoms in total. The Labute approximate surface area is 106 Å². The molecule has 17 heavy (non-hydrogen) atoms. The molecule has 0 aliphatic rings. The van der Waals surface area contributed by atoms with Gasteiger partial charge in [-0.15, -0.1) is 0 Å². The number of rotatable bonds is 5. The maximum Gasteiger partial charge on any atom is 0.221 e. The molecule has 0 saturated carbocycles. The van der Waals surface area contributed by atoms with Crippen LogP contribution in [0.3, 0.4) is 0 Å². The van der Waals surface area contributed by atoms with Gasteiger partial charge >= 0.3 is 0 Å². The molecule has 1 atom stereocenters. The number of nitrogens with one attached hydrogen (secondary N) is 1. The minimum absolute atomic E-state index is 0.0987. The van der Waals surface area contributed by atoms with Crippen molar-refractivity contribution >= 4 is 17.5 Å². The number of amides is 1. The van der Waals surface area contributed by atoms with Gasteiger partial charge in [0.05, 0.1) is 6.07 Å². The monoisotopic (exact) mass is 250 g/mol. The summed E-state index contributed by atoms with van der Waals surface area (Å²) in [7, 11) is 0. The molecule has 4 heteroatoms. The number of aryl methyl sites for hydroxylation is 1. The number of hydrogen-bond donors (Lipinski definition) is 1. The number of carbonyl (C=O) groups is 1. The minimum atomic E-state index is -0.387. The number of benzene rings is 1. The molecule has 0 fully saturated rings. The summed E-state index contributed by atoms with van der Waals surface area (Å²) in [5, 5.41) is 12.1. The van der Waals surface area contributed by atoms with Gasteiger partial charge in [-0.2, -0.15) is 5.26 Å². The second-order valence-corrected chi connectivity index (χ2v) is 4.22. The number of nitriles is 1. The molecule has 0 spiro atoms. The van der Waals surface area contributed by atoms with E-state index in [-0.39, 0.29) is 11.9 Å². The molecule has 0 aliphatic heterocycles. The molecule has 1 amide bonds. The van der Waals surface area contributed by atoms with E-state index >= 15 is 0 Å².